The van der Waals surface area contributed by atoms with E-state index in [1.54, 1.807) is 0 Å². The Hall–Kier alpha value is -1.97. The van der Waals surface area contributed by atoms with Crippen molar-refractivity contribution in [2.24, 2.45) is 5.84 Å². The molecule has 1 heterocycles. The number of hydrogen-bond donors (Lipinski definition) is 2. The number of amides is 1. The highest BCUT2D eigenvalue weighted by Gasteiger charge is 2.59. The second-order valence-electron chi connectivity index (χ2n) is 6.21. The highest BCUT2D eigenvalue weighted by atomic mass is 35.5. The largest absolute Gasteiger partial charge is 0.428 e. The molecule has 3 rings (SSSR count). The predicted molar refractivity (Wildman–Crippen MR) is 105 cm³/mol. The maximum absolute atomic E-state index is 14.0. The Morgan fingerprint density at radius 1 is 1.14 bits per heavy atom. The van der Waals surface area contributed by atoms with Crippen molar-refractivity contribution in [2.75, 3.05) is 5.01 Å². The van der Waals surface area contributed by atoms with E-state index >= 15 is 0 Å². The summed E-state index contributed by atoms with van der Waals surface area (Å²) in [5.74, 6) is 5.16. The summed E-state index contributed by atoms with van der Waals surface area (Å²) >= 11 is 17.8. The van der Waals surface area contributed by atoms with Crippen LogP contribution >= 0.6 is 34.8 Å². The lowest BCUT2D eigenvalue weighted by molar-refractivity contribution is -0.269. The molecule has 0 aromatic heterocycles. The first kappa shape index (κ1) is 21.7. The number of anilines is 1. The number of nitrogens with two attached hydrogens (primary N) is 1. The number of hydrazine groups is 1. The molecule has 5 nitrogen and oxygen atoms in total. The van der Waals surface area contributed by atoms with Crippen LogP contribution in [-0.2, 0) is 15.2 Å². The third-order valence-corrected chi connectivity index (χ3v) is 4.99. The first-order chi connectivity index (χ1) is 13.4. The molecule has 1 aliphatic rings. The standard InChI is InChI=1S/C18H13Cl3F3N3O2/c1-9(28)27(25)16-4-10(2-3-14(16)21)15-8-17(29-26-15,18(22,23)24)11-5-12(19)7-13(20)6-11/h2-8,26H,25H2,1H3. The van der Waals surface area contributed by atoms with E-state index in [2.05, 4.69) is 5.48 Å². The number of benzene rings is 2. The molecule has 1 amide bonds. The maximum Gasteiger partial charge on any atom is 0.428 e. The molecule has 0 spiro atoms. The molecule has 0 bridgehead atoms. The van der Waals surface area contributed by atoms with E-state index in [1.165, 1.54) is 31.2 Å². The van der Waals surface area contributed by atoms with E-state index in [4.69, 9.17) is 45.5 Å². The van der Waals surface area contributed by atoms with Gasteiger partial charge in [0.05, 0.1) is 16.4 Å². The Labute approximate surface area is 178 Å². The molecule has 0 radical (unpaired) electrons. The van der Waals surface area contributed by atoms with Crippen LogP contribution in [0.25, 0.3) is 5.70 Å². The highest BCUT2D eigenvalue weighted by Crippen LogP contribution is 2.48. The van der Waals surface area contributed by atoms with Crippen LogP contribution in [0.3, 0.4) is 0 Å². The molecule has 11 heteroatoms. The highest BCUT2D eigenvalue weighted by molar-refractivity contribution is 6.35. The zero-order valence-corrected chi connectivity index (χ0v) is 16.9. The number of alkyl halides is 3. The first-order valence-electron chi connectivity index (χ1n) is 8.00. The molecule has 0 saturated heterocycles. The van der Waals surface area contributed by atoms with E-state index in [-0.39, 0.29) is 37.6 Å². The number of halogens is 6. The van der Waals surface area contributed by atoms with Crippen LogP contribution in [-0.4, -0.2) is 12.1 Å². The summed E-state index contributed by atoms with van der Waals surface area (Å²) < 4.78 is 42.1. The molecule has 29 heavy (non-hydrogen) atoms. The SMILES string of the molecule is CC(=O)N(N)c1cc(C2=CC(c3cc(Cl)cc(Cl)c3)(C(F)(F)F)ON2)ccc1Cl. The van der Waals surface area contributed by atoms with Gasteiger partial charge >= 0.3 is 6.18 Å². The molecule has 1 aliphatic heterocycles. The lowest BCUT2D eigenvalue weighted by atomic mass is 9.91. The van der Waals surface area contributed by atoms with Gasteiger partial charge in [-0.2, -0.15) is 13.2 Å². The quantitative estimate of drug-likeness (QED) is 0.370. The maximum atomic E-state index is 14.0. The van der Waals surface area contributed by atoms with Gasteiger partial charge in [-0.05, 0) is 36.4 Å². The zero-order chi connectivity index (χ0) is 21.6. The Balaban J connectivity index is 2.13. The lowest BCUT2D eigenvalue weighted by Crippen LogP contribution is -2.42. The molecule has 154 valence electrons. The fraction of sp³-hybridized carbons (Fsp3) is 0.167. The number of hydrogen-bond acceptors (Lipinski definition) is 4. The Morgan fingerprint density at radius 3 is 2.31 bits per heavy atom. The number of nitrogens with zero attached hydrogens (tertiary/aromatic N) is 1. The second-order valence-corrected chi connectivity index (χ2v) is 7.49. The van der Waals surface area contributed by atoms with E-state index in [9.17, 15) is 18.0 Å². The molecule has 0 aliphatic carbocycles. The van der Waals surface area contributed by atoms with Crippen molar-refractivity contribution in [3.63, 3.8) is 0 Å². The third-order valence-electron chi connectivity index (χ3n) is 4.24. The van der Waals surface area contributed by atoms with Crippen LogP contribution in [0, 0.1) is 0 Å². The van der Waals surface area contributed by atoms with Crippen molar-refractivity contribution in [1.29, 1.82) is 0 Å². The van der Waals surface area contributed by atoms with Gasteiger partial charge in [-0.25, -0.2) is 10.9 Å². The van der Waals surface area contributed by atoms with Crippen LogP contribution in [0.15, 0.2) is 42.5 Å². The molecule has 3 N–H and O–H groups in total. The van der Waals surface area contributed by atoms with Gasteiger partial charge in [0.2, 0.25) is 11.5 Å². The van der Waals surface area contributed by atoms with Crippen LogP contribution in [0.5, 0.6) is 0 Å². The third kappa shape index (κ3) is 4.04. The monoisotopic (exact) mass is 465 g/mol. The minimum Gasteiger partial charge on any atom is -0.273 e. The van der Waals surface area contributed by atoms with Gasteiger partial charge in [-0.15, -0.1) is 0 Å². The van der Waals surface area contributed by atoms with Gasteiger partial charge in [-0.3, -0.25) is 15.1 Å². The summed E-state index contributed by atoms with van der Waals surface area (Å²) in [4.78, 5) is 16.5. The smallest absolute Gasteiger partial charge is 0.273 e. The van der Waals surface area contributed by atoms with Gasteiger partial charge < -0.3 is 0 Å². The van der Waals surface area contributed by atoms with Crippen molar-refractivity contribution in [2.45, 2.75) is 18.7 Å². The molecule has 2 aromatic carbocycles. The van der Waals surface area contributed by atoms with Crippen molar-refractivity contribution in [1.82, 2.24) is 5.48 Å². The average molecular weight is 467 g/mol. The van der Waals surface area contributed by atoms with Gasteiger partial charge in [0.25, 0.3) is 0 Å². The van der Waals surface area contributed by atoms with Crippen LogP contribution in [0.2, 0.25) is 15.1 Å². The van der Waals surface area contributed by atoms with Gasteiger partial charge in [0.15, 0.2) is 0 Å². The van der Waals surface area contributed by atoms with E-state index in [1.807, 2.05) is 0 Å². The van der Waals surface area contributed by atoms with E-state index < -0.39 is 17.7 Å². The summed E-state index contributed by atoms with van der Waals surface area (Å²) in [7, 11) is 0. The Morgan fingerprint density at radius 2 is 1.76 bits per heavy atom. The Bertz CT molecular complexity index is 993. The summed E-state index contributed by atoms with van der Waals surface area (Å²) in [5.41, 5.74) is -0.468. The topological polar surface area (TPSA) is 67.6 Å². The number of carbonyl (C=O) groups excluding carboxylic acids is 1. The molecule has 1 atom stereocenters. The van der Waals surface area contributed by atoms with E-state index in [0.717, 1.165) is 23.2 Å². The second kappa shape index (κ2) is 7.70. The number of nitrogens with one attached hydrogen (secondary N) is 1. The van der Waals surface area contributed by atoms with Crippen LogP contribution in [0.4, 0.5) is 18.9 Å². The molecule has 0 saturated carbocycles. The Kier molecular flexibility index (Phi) is 5.77. The number of carbonyl (C=O) groups is 1. The summed E-state index contributed by atoms with van der Waals surface area (Å²) in [6.07, 6.45) is -3.99. The van der Waals surface area contributed by atoms with Crippen molar-refractivity contribution in [3.8, 4) is 0 Å². The number of hydroxylamine groups is 1. The summed E-state index contributed by atoms with van der Waals surface area (Å²) in [5, 5.41) is 0.983. The predicted octanol–water partition coefficient (Wildman–Crippen LogP) is 5.21. The molecular weight excluding hydrogens is 454 g/mol. The van der Waals surface area contributed by atoms with Crippen molar-refractivity contribution >= 4 is 52.1 Å². The van der Waals surface area contributed by atoms with Crippen LogP contribution < -0.4 is 16.3 Å². The fourth-order valence-electron chi connectivity index (χ4n) is 2.79. The van der Waals surface area contributed by atoms with Crippen molar-refractivity contribution in [3.05, 3.63) is 68.7 Å². The number of rotatable bonds is 3. The molecule has 0 fully saturated rings. The normalized spacial score (nSPS) is 19.0. The zero-order valence-electron chi connectivity index (χ0n) is 14.7. The van der Waals surface area contributed by atoms with Crippen LogP contribution in [0.1, 0.15) is 18.1 Å². The fourth-order valence-corrected chi connectivity index (χ4v) is 3.52. The molecule has 2 aromatic rings. The molecular formula is C18H13Cl3F3N3O2. The average Bonchev–Trinajstić information content (AvgIpc) is 3.07. The first-order valence-corrected chi connectivity index (χ1v) is 9.13. The van der Waals surface area contributed by atoms with E-state index in [0.29, 0.717) is 0 Å². The molecule has 1 unspecified atom stereocenters. The summed E-state index contributed by atoms with van der Waals surface area (Å²) in [6, 6.07) is 7.77. The minimum absolute atomic E-state index is 0.00621. The van der Waals surface area contributed by atoms with Gasteiger partial charge in [-0.1, -0.05) is 40.9 Å². The minimum atomic E-state index is -4.84. The lowest BCUT2D eigenvalue weighted by Gasteiger charge is -2.28. The summed E-state index contributed by atoms with van der Waals surface area (Å²) in [6.45, 7) is 1.22. The van der Waals surface area contributed by atoms with Crippen molar-refractivity contribution < 1.29 is 22.8 Å². The van der Waals surface area contributed by atoms with Gasteiger partial charge in [0, 0.05) is 28.1 Å². The van der Waals surface area contributed by atoms with Gasteiger partial charge in [0.1, 0.15) is 0 Å².